The summed E-state index contributed by atoms with van der Waals surface area (Å²) in [5.41, 5.74) is 7.47. The highest BCUT2D eigenvalue weighted by Gasteiger charge is 2.48. The molecule has 1 saturated carbocycles. The van der Waals surface area contributed by atoms with E-state index in [1.165, 1.54) is 19.2 Å². The van der Waals surface area contributed by atoms with E-state index in [-0.39, 0.29) is 11.7 Å². The molecule has 1 fully saturated rings. The van der Waals surface area contributed by atoms with Gasteiger partial charge in [-0.1, -0.05) is 15.9 Å². The summed E-state index contributed by atoms with van der Waals surface area (Å²) in [5.74, 6) is -0.0490. The molecule has 0 bridgehead atoms. The fourth-order valence-corrected chi connectivity index (χ4v) is 5.73. The van der Waals surface area contributed by atoms with Crippen LogP contribution in [0.5, 0.6) is 0 Å². The average Bonchev–Trinajstić information content (AvgIpc) is 3.22. The fourth-order valence-electron chi connectivity index (χ4n) is 4.85. The van der Waals surface area contributed by atoms with Gasteiger partial charge in [-0.3, -0.25) is 4.98 Å². The zero-order valence-corrected chi connectivity index (χ0v) is 19.5. The number of rotatable bonds is 4. The molecule has 8 nitrogen and oxygen atoms in total. The van der Waals surface area contributed by atoms with Gasteiger partial charge >= 0.3 is 5.97 Å². The van der Waals surface area contributed by atoms with E-state index in [9.17, 15) is 14.3 Å². The minimum absolute atomic E-state index is 0.0685. The van der Waals surface area contributed by atoms with Crippen LogP contribution in [-0.2, 0) is 9.53 Å². The molecule has 1 atom stereocenters. The van der Waals surface area contributed by atoms with E-state index in [1.807, 2.05) is 12.1 Å². The first-order valence-corrected chi connectivity index (χ1v) is 11.4. The molecule has 1 aliphatic carbocycles. The topological polar surface area (TPSA) is 115 Å². The van der Waals surface area contributed by atoms with Crippen LogP contribution in [0.2, 0.25) is 0 Å². The van der Waals surface area contributed by atoms with E-state index in [4.69, 9.17) is 10.5 Å². The van der Waals surface area contributed by atoms with Crippen molar-refractivity contribution in [3.05, 3.63) is 48.6 Å². The maximum Gasteiger partial charge on any atom is 0.335 e. The standard InChI is InChI=1S/C23H23BrFN5O3/c1-33-22(21(31)32)6-4-15(5-7-22)23(24)10-19(26)30-20(29-23)17(12-28-30)14-8-13-9-16(25)2-3-18(13)27-11-14/h2-3,8-12,15,29H,4-7,26H2,1H3,(H,31,32). The number of aromatic nitrogens is 3. The van der Waals surface area contributed by atoms with Crippen molar-refractivity contribution in [1.82, 2.24) is 14.8 Å². The third-order valence-corrected chi connectivity index (χ3v) is 7.88. The number of methoxy groups -OCH3 is 1. The Labute approximate surface area is 197 Å². The Hall–Kier alpha value is -2.98. The van der Waals surface area contributed by atoms with Crippen LogP contribution >= 0.6 is 15.9 Å². The van der Waals surface area contributed by atoms with E-state index < -0.39 is 16.0 Å². The van der Waals surface area contributed by atoms with Crippen LogP contribution in [0.25, 0.3) is 27.9 Å². The van der Waals surface area contributed by atoms with Gasteiger partial charge in [0.15, 0.2) is 5.60 Å². The molecule has 2 aliphatic rings. The molecule has 0 saturated heterocycles. The number of ether oxygens (including phenoxy) is 1. The number of alkyl halides is 1. The lowest BCUT2D eigenvalue weighted by Gasteiger charge is -2.43. The van der Waals surface area contributed by atoms with Crippen molar-refractivity contribution < 1.29 is 19.0 Å². The summed E-state index contributed by atoms with van der Waals surface area (Å²) in [6.45, 7) is 0. The Morgan fingerprint density at radius 1 is 1.33 bits per heavy atom. The lowest BCUT2D eigenvalue weighted by atomic mass is 9.75. The molecular weight excluding hydrogens is 493 g/mol. The number of nitrogens with one attached hydrogen (secondary N) is 1. The quantitative estimate of drug-likeness (QED) is 0.352. The number of carboxylic acids is 1. The monoisotopic (exact) mass is 515 g/mol. The number of carboxylic acid groups (broad SMARTS) is 1. The minimum atomic E-state index is -1.15. The van der Waals surface area contributed by atoms with Crippen LogP contribution in [0.15, 0.2) is 42.7 Å². The number of pyridine rings is 1. The molecule has 33 heavy (non-hydrogen) atoms. The molecule has 2 aromatic heterocycles. The van der Waals surface area contributed by atoms with Crippen LogP contribution in [0.4, 0.5) is 10.2 Å². The molecular formula is C23H23BrFN5O3. The molecule has 10 heteroatoms. The van der Waals surface area contributed by atoms with Crippen LogP contribution < -0.4 is 11.1 Å². The Morgan fingerprint density at radius 3 is 2.79 bits per heavy atom. The normalized spacial score (nSPS) is 27.0. The van der Waals surface area contributed by atoms with Crippen molar-refractivity contribution >= 4 is 44.4 Å². The van der Waals surface area contributed by atoms with Crippen molar-refractivity contribution in [2.45, 2.75) is 35.7 Å². The highest BCUT2D eigenvalue weighted by molar-refractivity contribution is 9.10. The number of aliphatic carboxylic acids is 1. The Morgan fingerprint density at radius 2 is 2.09 bits per heavy atom. The van der Waals surface area contributed by atoms with E-state index in [2.05, 4.69) is 31.3 Å². The van der Waals surface area contributed by atoms with Crippen molar-refractivity contribution in [2.24, 2.45) is 11.7 Å². The number of benzene rings is 1. The first-order chi connectivity index (χ1) is 15.7. The van der Waals surface area contributed by atoms with Crippen molar-refractivity contribution in [2.75, 3.05) is 12.4 Å². The van der Waals surface area contributed by atoms with Gasteiger partial charge < -0.3 is 20.9 Å². The summed E-state index contributed by atoms with van der Waals surface area (Å²) in [4.78, 5) is 16.2. The average molecular weight is 516 g/mol. The van der Waals surface area contributed by atoms with Crippen molar-refractivity contribution in [3.8, 4) is 11.1 Å². The van der Waals surface area contributed by atoms with Gasteiger partial charge in [-0.2, -0.15) is 5.10 Å². The maximum atomic E-state index is 13.7. The number of carbonyl (C=O) groups is 1. The highest BCUT2D eigenvalue weighted by Crippen LogP contribution is 2.47. The van der Waals surface area contributed by atoms with Crippen molar-refractivity contribution in [3.63, 3.8) is 0 Å². The van der Waals surface area contributed by atoms with E-state index in [0.29, 0.717) is 48.2 Å². The summed E-state index contributed by atoms with van der Waals surface area (Å²) >= 11 is 3.84. The van der Waals surface area contributed by atoms with Crippen LogP contribution in [0.1, 0.15) is 25.7 Å². The third kappa shape index (κ3) is 3.57. The van der Waals surface area contributed by atoms with Crippen molar-refractivity contribution in [1.29, 1.82) is 0 Å². The molecule has 0 radical (unpaired) electrons. The zero-order valence-electron chi connectivity index (χ0n) is 17.9. The minimum Gasteiger partial charge on any atom is -0.479 e. The maximum absolute atomic E-state index is 13.7. The number of hydrogen-bond donors (Lipinski definition) is 3. The second-order valence-corrected chi connectivity index (χ2v) is 9.93. The molecule has 4 N–H and O–H groups in total. The molecule has 3 heterocycles. The zero-order chi connectivity index (χ0) is 23.4. The third-order valence-electron chi connectivity index (χ3n) is 6.80. The number of anilines is 1. The van der Waals surface area contributed by atoms with E-state index in [0.717, 1.165) is 11.1 Å². The van der Waals surface area contributed by atoms with Crippen LogP contribution in [0.3, 0.4) is 0 Å². The molecule has 1 aliphatic heterocycles. The molecule has 0 spiro atoms. The predicted octanol–water partition coefficient (Wildman–Crippen LogP) is 4.17. The summed E-state index contributed by atoms with van der Waals surface area (Å²) in [6, 6.07) is 6.35. The molecule has 5 rings (SSSR count). The lowest BCUT2D eigenvalue weighted by Crippen LogP contribution is -2.49. The van der Waals surface area contributed by atoms with Gasteiger partial charge in [0.1, 0.15) is 21.9 Å². The van der Waals surface area contributed by atoms with Gasteiger partial charge in [0.25, 0.3) is 0 Å². The van der Waals surface area contributed by atoms with Gasteiger partial charge in [-0.05, 0) is 61.9 Å². The van der Waals surface area contributed by atoms with Gasteiger partial charge in [-0.15, -0.1) is 0 Å². The fraction of sp³-hybridized carbons (Fsp3) is 0.348. The van der Waals surface area contributed by atoms with E-state index >= 15 is 0 Å². The number of hydrogen-bond acceptors (Lipinski definition) is 6. The predicted molar refractivity (Wildman–Crippen MR) is 126 cm³/mol. The van der Waals surface area contributed by atoms with E-state index in [1.54, 1.807) is 23.1 Å². The second-order valence-electron chi connectivity index (χ2n) is 8.62. The van der Waals surface area contributed by atoms with Gasteiger partial charge in [0.2, 0.25) is 0 Å². The molecule has 172 valence electrons. The second kappa shape index (κ2) is 7.81. The number of nitrogens with zero attached hydrogens (tertiary/aromatic N) is 3. The summed E-state index contributed by atoms with van der Waals surface area (Å²) in [6.07, 6.45) is 7.35. The molecule has 1 aromatic carbocycles. The molecule has 3 aromatic rings. The SMILES string of the molecule is COC1(C(=O)O)CCC(C2(Br)C=C(N)n3ncc(-c4cnc5ccc(F)cc5c4)c3N2)CC1. The molecule has 1 unspecified atom stereocenters. The largest absolute Gasteiger partial charge is 0.479 e. The van der Waals surface area contributed by atoms with Gasteiger partial charge in [-0.25, -0.2) is 13.9 Å². The summed E-state index contributed by atoms with van der Waals surface area (Å²) < 4.78 is 20.0. The Bertz CT molecular complexity index is 1280. The molecule has 0 amide bonds. The van der Waals surface area contributed by atoms with Gasteiger partial charge in [0, 0.05) is 29.8 Å². The smallest absolute Gasteiger partial charge is 0.335 e. The van der Waals surface area contributed by atoms with Gasteiger partial charge in [0.05, 0.1) is 11.7 Å². The Balaban J connectivity index is 1.47. The Kier molecular flexibility index (Phi) is 5.17. The number of halogens is 2. The highest BCUT2D eigenvalue weighted by atomic mass is 79.9. The number of fused-ring (bicyclic) bond motifs is 2. The number of nitrogens with two attached hydrogens (primary N) is 1. The summed E-state index contributed by atoms with van der Waals surface area (Å²) in [5, 5.41) is 18.3. The first-order valence-electron chi connectivity index (χ1n) is 10.6. The first kappa shape index (κ1) is 21.8. The van der Waals surface area contributed by atoms with Crippen LogP contribution in [0, 0.1) is 11.7 Å². The van der Waals surface area contributed by atoms with Crippen LogP contribution in [-0.4, -0.2) is 43.0 Å². The lowest BCUT2D eigenvalue weighted by molar-refractivity contribution is -0.167. The summed E-state index contributed by atoms with van der Waals surface area (Å²) in [7, 11) is 1.45.